The fraction of sp³-hybridized carbons (Fsp3) is 0.0800. The summed E-state index contributed by atoms with van der Waals surface area (Å²) in [5, 5.41) is 4.47. The Morgan fingerprint density at radius 1 is 0.886 bits per heavy atom. The summed E-state index contributed by atoms with van der Waals surface area (Å²) >= 11 is 0. The molecule has 5 aromatic rings. The fourth-order valence-corrected chi connectivity index (χ4v) is 5.25. The Morgan fingerprint density at radius 2 is 1.54 bits per heavy atom. The minimum Gasteiger partial charge on any atom is -0.497 e. The SMILES string of the molecule is COc1ccc(S(=O)(=O)c2c(N)n(/N=C\c3ccccc3OC)c3nc4ccccc4nc23)cc1. The van der Waals surface area contributed by atoms with Crippen molar-refractivity contribution in [1.82, 2.24) is 14.6 Å². The third-order valence-corrected chi connectivity index (χ3v) is 7.35. The van der Waals surface area contributed by atoms with E-state index in [0.717, 1.165) is 0 Å². The van der Waals surface area contributed by atoms with E-state index >= 15 is 0 Å². The molecule has 9 nitrogen and oxygen atoms in total. The summed E-state index contributed by atoms with van der Waals surface area (Å²) < 4.78 is 39.3. The number of hydrogen-bond donors (Lipinski definition) is 1. The van der Waals surface area contributed by atoms with Crippen LogP contribution in [0, 0.1) is 0 Å². The zero-order chi connectivity index (χ0) is 24.6. The number of nitrogens with zero attached hydrogens (tertiary/aromatic N) is 4. The average Bonchev–Trinajstić information content (AvgIpc) is 3.16. The Hall–Kier alpha value is -4.44. The van der Waals surface area contributed by atoms with E-state index in [1.54, 1.807) is 43.5 Å². The van der Waals surface area contributed by atoms with Crippen LogP contribution in [0.1, 0.15) is 5.56 Å². The van der Waals surface area contributed by atoms with Crippen LogP contribution in [0.2, 0.25) is 0 Å². The molecule has 3 aromatic carbocycles. The molecule has 2 heterocycles. The summed E-state index contributed by atoms with van der Waals surface area (Å²) in [6.45, 7) is 0. The van der Waals surface area contributed by atoms with E-state index in [2.05, 4.69) is 15.1 Å². The highest BCUT2D eigenvalue weighted by atomic mass is 32.2. The number of anilines is 1. The van der Waals surface area contributed by atoms with Crippen LogP contribution in [0.4, 0.5) is 5.82 Å². The van der Waals surface area contributed by atoms with Crippen LogP contribution in [0.25, 0.3) is 22.2 Å². The van der Waals surface area contributed by atoms with Crippen molar-refractivity contribution < 1.29 is 17.9 Å². The molecule has 0 spiro atoms. The molecule has 176 valence electrons. The Balaban J connectivity index is 1.77. The van der Waals surface area contributed by atoms with Crippen molar-refractivity contribution in [3.8, 4) is 11.5 Å². The van der Waals surface area contributed by atoms with Crippen LogP contribution in [-0.2, 0) is 9.84 Å². The molecule has 0 aliphatic rings. The number of fused-ring (bicyclic) bond motifs is 2. The van der Waals surface area contributed by atoms with Crippen LogP contribution in [0.5, 0.6) is 11.5 Å². The lowest BCUT2D eigenvalue weighted by molar-refractivity contribution is 0.414. The van der Waals surface area contributed by atoms with Gasteiger partial charge in [-0.2, -0.15) is 9.78 Å². The molecule has 0 atom stereocenters. The van der Waals surface area contributed by atoms with E-state index < -0.39 is 9.84 Å². The van der Waals surface area contributed by atoms with Gasteiger partial charge in [0.2, 0.25) is 9.84 Å². The molecule has 0 aliphatic carbocycles. The Bertz CT molecular complexity index is 1690. The second-order valence-corrected chi connectivity index (χ2v) is 9.46. The van der Waals surface area contributed by atoms with Gasteiger partial charge in [-0.3, -0.25) is 0 Å². The highest BCUT2D eigenvalue weighted by Gasteiger charge is 2.30. The zero-order valence-electron chi connectivity index (χ0n) is 18.9. The molecule has 2 aromatic heterocycles. The molecule has 0 saturated heterocycles. The van der Waals surface area contributed by atoms with Crippen molar-refractivity contribution in [1.29, 1.82) is 0 Å². The largest absolute Gasteiger partial charge is 0.497 e. The van der Waals surface area contributed by atoms with Gasteiger partial charge >= 0.3 is 0 Å². The van der Waals surface area contributed by atoms with Gasteiger partial charge in [0, 0.05) is 5.56 Å². The normalized spacial score (nSPS) is 11.9. The minimum absolute atomic E-state index is 0.0488. The number of aromatic nitrogens is 3. The molecule has 0 unspecified atom stereocenters. The lowest BCUT2D eigenvalue weighted by atomic mass is 10.2. The smallest absolute Gasteiger partial charge is 0.212 e. The monoisotopic (exact) mass is 487 g/mol. The predicted octanol–water partition coefficient (Wildman–Crippen LogP) is 3.90. The number of nitrogens with two attached hydrogens (primary N) is 1. The van der Waals surface area contributed by atoms with E-state index in [1.165, 1.54) is 30.1 Å². The van der Waals surface area contributed by atoms with Gasteiger partial charge in [-0.05, 0) is 48.5 Å². The first kappa shape index (κ1) is 22.4. The van der Waals surface area contributed by atoms with Crippen LogP contribution < -0.4 is 15.2 Å². The first-order chi connectivity index (χ1) is 16.9. The van der Waals surface area contributed by atoms with Crippen LogP contribution in [-0.4, -0.2) is 43.5 Å². The average molecular weight is 488 g/mol. The standard InChI is InChI=1S/C25H21N5O4S/c1-33-17-11-13-18(14-12-17)35(31,32)23-22-25(29-20-9-5-4-8-19(20)28-22)30(24(23)26)27-15-16-7-3-6-10-21(16)34-2/h3-15H,26H2,1-2H3/b27-15-. The molecule has 0 radical (unpaired) electrons. The van der Waals surface area contributed by atoms with E-state index in [-0.39, 0.29) is 26.8 Å². The lowest BCUT2D eigenvalue weighted by Crippen LogP contribution is -2.06. The second-order valence-electron chi connectivity index (χ2n) is 7.58. The molecule has 0 fully saturated rings. The number of nitrogen functional groups attached to an aromatic ring is 1. The van der Waals surface area contributed by atoms with E-state index in [1.807, 2.05) is 24.3 Å². The number of hydrogen-bond acceptors (Lipinski definition) is 8. The lowest BCUT2D eigenvalue weighted by Gasteiger charge is -2.06. The summed E-state index contributed by atoms with van der Waals surface area (Å²) in [5.74, 6) is 1.04. The highest BCUT2D eigenvalue weighted by molar-refractivity contribution is 7.92. The topological polar surface area (TPSA) is 122 Å². The van der Waals surface area contributed by atoms with Gasteiger partial charge in [-0.25, -0.2) is 18.4 Å². The Kier molecular flexibility index (Phi) is 5.58. The van der Waals surface area contributed by atoms with Crippen LogP contribution in [0.3, 0.4) is 0 Å². The molecule has 5 rings (SSSR count). The molecule has 10 heteroatoms. The molecule has 0 saturated carbocycles. The maximum absolute atomic E-state index is 13.7. The second kappa shape index (κ2) is 8.73. The van der Waals surface area contributed by atoms with Gasteiger partial charge in [0.25, 0.3) is 0 Å². The summed E-state index contributed by atoms with van der Waals surface area (Å²) in [4.78, 5) is 9.14. The molecule has 0 aliphatic heterocycles. The number of methoxy groups -OCH3 is 2. The van der Waals surface area contributed by atoms with Gasteiger partial charge in [0.15, 0.2) is 5.65 Å². The van der Waals surface area contributed by atoms with Crippen molar-refractivity contribution in [2.45, 2.75) is 9.79 Å². The first-order valence-electron chi connectivity index (χ1n) is 10.6. The summed E-state index contributed by atoms with van der Waals surface area (Å²) in [6.07, 6.45) is 1.54. The van der Waals surface area contributed by atoms with Crippen molar-refractivity contribution >= 4 is 44.1 Å². The number of rotatable bonds is 6. The molecule has 0 amide bonds. The van der Waals surface area contributed by atoms with Crippen molar-refractivity contribution in [2.24, 2.45) is 5.10 Å². The highest BCUT2D eigenvalue weighted by Crippen LogP contribution is 2.35. The number of ether oxygens (including phenoxy) is 2. The third kappa shape index (κ3) is 3.83. The van der Waals surface area contributed by atoms with Gasteiger partial charge in [0.05, 0.1) is 36.4 Å². The Morgan fingerprint density at radius 3 is 2.23 bits per heavy atom. The fourth-order valence-electron chi connectivity index (χ4n) is 3.77. The van der Waals surface area contributed by atoms with Crippen LogP contribution in [0.15, 0.2) is 87.7 Å². The molecular formula is C25H21N5O4S. The number of para-hydroxylation sites is 3. The summed E-state index contributed by atoms with van der Waals surface area (Å²) in [5.41, 5.74) is 8.59. The predicted molar refractivity (Wildman–Crippen MR) is 134 cm³/mol. The summed E-state index contributed by atoms with van der Waals surface area (Å²) in [6, 6.07) is 20.5. The van der Waals surface area contributed by atoms with Gasteiger partial charge < -0.3 is 15.2 Å². The molecule has 0 bridgehead atoms. The van der Waals surface area contributed by atoms with E-state index in [0.29, 0.717) is 28.1 Å². The van der Waals surface area contributed by atoms with E-state index in [4.69, 9.17) is 15.2 Å². The minimum atomic E-state index is -4.07. The van der Waals surface area contributed by atoms with Gasteiger partial charge in [-0.1, -0.05) is 24.3 Å². The number of benzene rings is 3. The van der Waals surface area contributed by atoms with Crippen molar-refractivity contribution in [2.75, 3.05) is 20.0 Å². The molecule has 35 heavy (non-hydrogen) atoms. The maximum atomic E-state index is 13.7. The summed E-state index contributed by atoms with van der Waals surface area (Å²) in [7, 11) is -0.999. The van der Waals surface area contributed by atoms with Crippen molar-refractivity contribution in [3.63, 3.8) is 0 Å². The van der Waals surface area contributed by atoms with Crippen molar-refractivity contribution in [3.05, 3.63) is 78.4 Å². The molecule has 2 N–H and O–H groups in total. The quantitative estimate of drug-likeness (QED) is 0.361. The van der Waals surface area contributed by atoms with Crippen LogP contribution >= 0.6 is 0 Å². The molecular weight excluding hydrogens is 466 g/mol. The van der Waals surface area contributed by atoms with Gasteiger partial charge in [0.1, 0.15) is 27.7 Å². The number of sulfone groups is 1. The maximum Gasteiger partial charge on any atom is 0.212 e. The third-order valence-electron chi connectivity index (χ3n) is 5.52. The Labute approximate surface area is 201 Å². The first-order valence-corrected chi connectivity index (χ1v) is 12.1. The van der Waals surface area contributed by atoms with Gasteiger partial charge in [-0.15, -0.1) is 0 Å². The van der Waals surface area contributed by atoms with E-state index in [9.17, 15) is 8.42 Å². The zero-order valence-corrected chi connectivity index (χ0v) is 19.7.